The number of benzene rings is 1. The van der Waals surface area contributed by atoms with Gasteiger partial charge in [-0.25, -0.2) is 4.98 Å². The molecular formula is C17H16N6O. The number of carbonyl (C=O) groups is 1. The Labute approximate surface area is 138 Å². The van der Waals surface area contributed by atoms with E-state index in [1.807, 2.05) is 25.2 Å². The van der Waals surface area contributed by atoms with Gasteiger partial charge >= 0.3 is 0 Å². The van der Waals surface area contributed by atoms with Gasteiger partial charge in [0.05, 0.1) is 5.69 Å². The van der Waals surface area contributed by atoms with Gasteiger partial charge in [-0.15, -0.1) is 5.10 Å². The van der Waals surface area contributed by atoms with Crippen LogP contribution in [0.1, 0.15) is 34.8 Å². The summed E-state index contributed by atoms with van der Waals surface area (Å²) < 4.78 is 1.64. The molecule has 1 saturated carbocycles. The molecule has 1 amide bonds. The first kappa shape index (κ1) is 14.5. The molecule has 0 spiro atoms. The zero-order valence-corrected chi connectivity index (χ0v) is 13.2. The predicted molar refractivity (Wildman–Crippen MR) is 88.4 cm³/mol. The number of nitrogens with zero attached hydrogens (tertiary/aromatic N) is 5. The van der Waals surface area contributed by atoms with Crippen molar-refractivity contribution in [1.82, 2.24) is 25.0 Å². The normalized spacial score (nSPS) is 13.7. The van der Waals surface area contributed by atoms with Crippen LogP contribution in [0.5, 0.6) is 0 Å². The van der Waals surface area contributed by atoms with Gasteiger partial charge in [0, 0.05) is 24.1 Å². The van der Waals surface area contributed by atoms with Gasteiger partial charge in [0.1, 0.15) is 6.33 Å². The van der Waals surface area contributed by atoms with E-state index in [2.05, 4.69) is 25.6 Å². The Morgan fingerprint density at radius 1 is 1.12 bits per heavy atom. The first-order valence-corrected chi connectivity index (χ1v) is 7.80. The van der Waals surface area contributed by atoms with E-state index in [1.165, 1.54) is 12.8 Å². The van der Waals surface area contributed by atoms with Crippen LogP contribution in [0.3, 0.4) is 0 Å². The fourth-order valence-electron chi connectivity index (χ4n) is 2.44. The Morgan fingerprint density at radius 2 is 1.92 bits per heavy atom. The summed E-state index contributed by atoms with van der Waals surface area (Å²) in [6, 6.07) is 10.9. The molecule has 1 aliphatic rings. The lowest BCUT2D eigenvalue weighted by Crippen LogP contribution is -2.13. The SMILES string of the molecule is Cn1cnc(-c2ccc(C(=O)Nc3ccc(C4CC4)nn3)cc2)n1. The maximum Gasteiger partial charge on any atom is 0.256 e. The molecule has 24 heavy (non-hydrogen) atoms. The summed E-state index contributed by atoms with van der Waals surface area (Å²) in [6.07, 6.45) is 4.00. The number of amides is 1. The number of aryl methyl sites for hydroxylation is 1. The third-order valence-electron chi connectivity index (χ3n) is 3.93. The number of aromatic nitrogens is 5. The molecule has 0 radical (unpaired) electrons. The molecule has 2 aromatic heterocycles. The van der Waals surface area contributed by atoms with Crippen LogP contribution < -0.4 is 5.32 Å². The van der Waals surface area contributed by atoms with Gasteiger partial charge in [0.25, 0.3) is 5.91 Å². The lowest BCUT2D eigenvalue weighted by Gasteiger charge is -2.05. The van der Waals surface area contributed by atoms with Crippen molar-refractivity contribution in [3.63, 3.8) is 0 Å². The van der Waals surface area contributed by atoms with Gasteiger partial charge < -0.3 is 5.32 Å². The average Bonchev–Trinajstić information content (AvgIpc) is 3.37. The van der Waals surface area contributed by atoms with Crippen LogP contribution in [0.25, 0.3) is 11.4 Å². The van der Waals surface area contributed by atoms with Crippen molar-refractivity contribution in [2.45, 2.75) is 18.8 Å². The predicted octanol–water partition coefficient (Wildman–Crippen LogP) is 2.40. The van der Waals surface area contributed by atoms with E-state index in [0.29, 0.717) is 23.1 Å². The van der Waals surface area contributed by atoms with E-state index in [0.717, 1.165) is 11.3 Å². The monoisotopic (exact) mass is 320 g/mol. The number of carbonyl (C=O) groups excluding carboxylic acids is 1. The van der Waals surface area contributed by atoms with Gasteiger partial charge in [0.15, 0.2) is 11.6 Å². The lowest BCUT2D eigenvalue weighted by molar-refractivity contribution is 0.102. The minimum Gasteiger partial charge on any atom is -0.305 e. The van der Waals surface area contributed by atoms with E-state index in [-0.39, 0.29) is 5.91 Å². The van der Waals surface area contributed by atoms with E-state index in [4.69, 9.17) is 0 Å². The summed E-state index contributed by atoms with van der Waals surface area (Å²) in [7, 11) is 1.81. The van der Waals surface area contributed by atoms with Crippen LogP contribution in [0, 0.1) is 0 Å². The van der Waals surface area contributed by atoms with Crippen LogP contribution in [0.2, 0.25) is 0 Å². The van der Waals surface area contributed by atoms with Crippen LogP contribution in [-0.2, 0) is 7.05 Å². The summed E-state index contributed by atoms with van der Waals surface area (Å²) >= 11 is 0. The number of rotatable bonds is 4. The quantitative estimate of drug-likeness (QED) is 0.798. The van der Waals surface area contributed by atoms with E-state index in [9.17, 15) is 4.79 Å². The standard InChI is InChI=1S/C17H16N6O/c1-23-10-18-16(22-23)12-4-6-13(7-5-12)17(24)19-15-9-8-14(20-21-15)11-2-3-11/h4-11H,2-3H2,1H3,(H,19,21,24). The molecule has 0 bridgehead atoms. The number of hydrogen-bond acceptors (Lipinski definition) is 5. The number of anilines is 1. The zero-order chi connectivity index (χ0) is 16.5. The van der Waals surface area contributed by atoms with Crippen molar-refractivity contribution in [3.05, 3.63) is 54.0 Å². The van der Waals surface area contributed by atoms with Crippen molar-refractivity contribution in [3.8, 4) is 11.4 Å². The molecule has 4 rings (SSSR count). The molecule has 2 heterocycles. The number of nitrogens with one attached hydrogen (secondary N) is 1. The van der Waals surface area contributed by atoms with Gasteiger partial charge in [-0.1, -0.05) is 12.1 Å². The molecule has 1 fully saturated rings. The van der Waals surface area contributed by atoms with Gasteiger partial charge in [-0.05, 0) is 37.1 Å². The second-order valence-electron chi connectivity index (χ2n) is 5.89. The molecule has 0 unspecified atom stereocenters. The Balaban J connectivity index is 1.45. The maximum absolute atomic E-state index is 12.3. The molecule has 1 aromatic carbocycles. The molecule has 7 heteroatoms. The Bertz CT molecular complexity index is 865. The highest BCUT2D eigenvalue weighted by Crippen LogP contribution is 2.38. The molecule has 3 aromatic rings. The van der Waals surface area contributed by atoms with Crippen LogP contribution in [0.4, 0.5) is 5.82 Å². The second-order valence-corrected chi connectivity index (χ2v) is 5.89. The van der Waals surface area contributed by atoms with E-state index in [1.54, 1.807) is 29.2 Å². The topological polar surface area (TPSA) is 85.6 Å². The van der Waals surface area contributed by atoms with Crippen LogP contribution >= 0.6 is 0 Å². The molecule has 1 N–H and O–H groups in total. The van der Waals surface area contributed by atoms with E-state index >= 15 is 0 Å². The largest absolute Gasteiger partial charge is 0.305 e. The van der Waals surface area contributed by atoms with Crippen molar-refractivity contribution in [2.75, 3.05) is 5.32 Å². The minimum atomic E-state index is -0.219. The summed E-state index contributed by atoms with van der Waals surface area (Å²) in [5.41, 5.74) is 2.41. The smallest absolute Gasteiger partial charge is 0.256 e. The summed E-state index contributed by atoms with van der Waals surface area (Å²) in [5.74, 6) is 1.42. The maximum atomic E-state index is 12.3. The molecule has 0 saturated heterocycles. The number of hydrogen-bond donors (Lipinski definition) is 1. The van der Waals surface area contributed by atoms with Crippen LogP contribution in [0.15, 0.2) is 42.7 Å². The van der Waals surface area contributed by atoms with Gasteiger partial charge in [0.2, 0.25) is 0 Å². The Hall–Kier alpha value is -3.09. The first-order chi connectivity index (χ1) is 11.7. The van der Waals surface area contributed by atoms with Crippen molar-refractivity contribution >= 4 is 11.7 Å². The molecule has 1 aliphatic carbocycles. The first-order valence-electron chi connectivity index (χ1n) is 7.80. The second kappa shape index (κ2) is 5.84. The van der Waals surface area contributed by atoms with Gasteiger partial charge in [-0.2, -0.15) is 10.2 Å². The van der Waals surface area contributed by atoms with Crippen molar-refractivity contribution in [1.29, 1.82) is 0 Å². The highest BCUT2D eigenvalue weighted by molar-refractivity contribution is 6.03. The lowest BCUT2D eigenvalue weighted by atomic mass is 10.1. The molecular weight excluding hydrogens is 304 g/mol. The molecule has 0 atom stereocenters. The Morgan fingerprint density at radius 3 is 2.50 bits per heavy atom. The molecule has 7 nitrogen and oxygen atoms in total. The Kier molecular flexibility index (Phi) is 3.53. The summed E-state index contributed by atoms with van der Waals surface area (Å²) in [5, 5.41) is 15.2. The fraction of sp³-hybridized carbons (Fsp3) is 0.235. The average molecular weight is 320 g/mol. The zero-order valence-electron chi connectivity index (χ0n) is 13.2. The van der Waals surface area contributed by atoms with Crippen molar-refractivity contribution in [2.24, 2.45) is 7.05 Å². The third kappa shape index (κ3) is 3.01. The van der Waals surface area contributed by atoms with E-state index < -0.39 is 0 Å². The summed E-state index contributed by atoms with van der Waals surface area (Å²) in [4.78, 5) is 16.5. The summed E-state index contributed by atoms with van der Waals surface area (Å²) in [6.45, 7) is 0. The highest BCUT2D eigenvalue weighted by atomic mass is 16.1. The van der Waals surface area contributed by atoms with Crippen LogP contribution in [-0.4, -0.2) is 30.9 Å². The third-order valence-corrected chi connectivity index (χ3v) is 3.93. The van der Waals surface area contributed by atoms with Gasteiger partial charge in [-0.3, -0.25) is 9.48 Å². The molecule has 120 valence electrons. The highest BCUT2D eigenvalue weighted by Gasteiger charge is 2.25. The minimum absolute atomic E-state index is 0.219. The fourth-order valence-corrected chi connectivity index (χ4v) is 2.44. The molecule has 0 aliphatic heterocycles. The van der Waals surface area contributed by atoms with Crippen molar-refractivity contribution < 1.29 is 4.79 Å².